The Labute approximate surface area is 122 Å². The van der Waals surface area contributed by atoms with Gasteiger partial charge < -0.3 is 10.1 Å². The van der Waals surface area contributed by atoms with Crippen LogP contribution < -0.4 is 5.32 Å². The maximum Gasteiger partial charge on any atom is 0.265 e. The van der Waals surface area contributed by atoms with E-state index in [0.29, 0.717) is 18.0 Å². The van der Waals surface area contributed by atoms with Crippen molar-refractivity contribution >= 4 is 22.9 Å². The lowest BCUT2D eigenvalue weighted by Crippen LogP contribution is -2.12. The van der Waals surface area contributed by atoms with Crippen molar-refractivity contribution < 1.29 is 9.53 Å². The summed E-state index contributed by atoms with van der Waals surface area (Å²) >= 11 is 1.49. The second kappa shape index (κ2) is 6.19. The normalized spacial score (nSPS) is 10.8. The highest BCUT2D eigenvalue weighted by molar-refractivity contribution is 7.14. The number of hydrogen-bond acceptors (Lipinski definition) is 4. The van der Waals surface area contributed by atoms with Gasteiger partial charge >= 0.3 is 0 Å². The molecule has 0 aliphatic heterocycles. The van der Waals surface area contributed by atoms with Crippen molar-refractivity contribution in [1.82, 2.24) is 9.78 Å². The fourth-order valence-corrected chi connectivity index (χ4v) is 2.77. The number of carbonyl (C=O) groups is 1. The lowest BCUT2D eigenvalue weighted by Gasteiger charge is -2.06. The van der Waals surface area contributed by atoms with Gasteiger partial charge in [-0.05, 0) is 32.9 Å². The van der Waals surface area contributed by atoms with Gasteiger partial charge in [-0.1, -0.05) is 0 Å². The number of anilines is 1. The molecule has 2 aromatic rings. The van der Waals surface area contributed by atoms with Crippen molar-refractivity contribution in [1.29, 1.82) is 0 Å². The average molecular weight is 293 g/mol. The SMILES string of the molecule is COCCn1nc(C)c(NC(=O)c2ccc(C)s2)c1C. The zero-order valence-corrected chi connectivity index (χ0v) is 13.0. The summed E-state index contributed by atoms with van der Waals surface area (Å²) in [5, 5.41) is 7.38. The number of nitrogens with one attached hydrogen (secondary N) is 1. The van der Waals surface area contributed by atoms with Crippen LogP contribution in [-0.4, -0.2) is 29.4 Å². The van der Waals surface area contributed by atoms with Crippen LogP contribution in [0.25, 0.3) is 0 Å². The van der Waals surface area contributed by atoms with Crippen molar-refractivity contribution in [2.24, 2.45) is 0 Å². The molecule has 0 saturated heterocycles. The van der Waals surface area contributed by atoms with Gasteiger partial charge in [0.15, 0.2) is 0 Å². The maximum absolute atomic E-state index is 12.2. The maximum atomic E-state index is 12.2. The first-order valence-electron chi connectivity index (χ1n) is 6.43. The molecule has 0 fully saturated rings. The molecule has 6 heteroatoms. The van der Waals surface area contributed by atoms with E-state index in [2.05, 4.69) is 10.4 Å². The summed E-state index contributed by atoms with van der Waals surface area (Å²) in [7, 11) is 1.66. The van der Waals surface area contributed by atoms with Crippen LogP contribution in [0, 0.1) is 20.8 Å². The third-order valence-electron chi connectivity index (χ3n) is 3.09. The zero-order valence-electron chi connectivity index (χ0n) is 12.2. The van der Waals surface area contributed by atoms with Gasteiger partial charge in [-0.2, -0.15) is 5.10 Å². The smallest absolute Gasteiger partial charge is 0.265 e. The van der Waals surface area contributed by atoms with Crippen LogP contribution >= 0.6 is 11.3 Å². The molecule has 1 amide bonds. The van der Waals surface area contributed by atoms with Gasteiger partial charge in [0, 0.05) is 12.0 Å². The number of hydrogen-bond donors (Lipinski definition) is 1. The van der Waals surface area contributed by atoms with E-state index < -0.39 is 0 Å². The van der Waals surface area contributed by atoms with Gasteiger partial charge in [0.1, 0.15) is 0 Å². The number of aromatic nitrogens is 2. The molecule has 0 spiro atoms. The summed E-state index contributed by atoms with van der Waals surface area (Å²) in [5.41, 5.74) is 2.55. The molecule has 0 radical (unpaired) electrons. The van der Waals surface area contributed by atoms with E-state index in [0.717, 1.165) is 22.0 Å². The minimum absolute atomic E-state index is 0.0828. The molecule has 5 nitrogen and oxygen atoms in total. The van der Waals surface area contributed by atoms with E-state index in [9.17, 15) is 4.79 Å². The van der Waals surface area contributed by atoms with Crippen LogP contribution in [-0.2, 0) is 11.3 Å². The Morgan fingerprint density at radius 2 is 2.15 bits per heavy atom. The molecule has 0 atom stereocenters. The van der Waals surface area contributed by atoms with Crippen LogP contribution in [0.3, 0.4) is 0 Å². The van der Waals surface area contributed by atoms with Crippen molar-refractivity contribution in [2.75, 3.05) is 19.0 Å². The third kappa shape index (κ3) is 3.08. The largest absolute Gasteiger partial charge is 0.383 e. The topological polar surface area (TPSA) is 56.1 Å². The number of amides is 1. The first kappa shape index (κ1) is 14.7. The fraction of sp³-hybridized carbons (Fsp3) is 0.429. The van der Waals surface area contributed by atoms with Crippen molar-refractivity contribution in [2.45, 2.75) is 27.3 Å². The van der Waals surface area contributed by atoms with E-state index >= 15 is 0 Å². The molecule has 20 heavy (non-hydrogen) atoms. The van der Waals surface area contributed by atoms with E-state index in [1.54, 1.807) is 7.11 Å². The monoisotopic (exact) mass is 293 g/mol. The minimum atomic E-state index is -0.0828. The molecular weight excluding hydrogens is 274 g/mol. The standard InChI is InChI=1S/C14H19N3O2S/c1-9-5-6-12(20-9)14(18)15-13-10(2)16-17(11(13)3)7-8-19-4/h5-6H,7-8H2,1-4H3,(H,15,18). The molecular formula is C14H19N3O2S. The van der Waals surface area contributed by atoms with Gasteiger partial charge in [0.25, 0.3) is 5.91 Å². The van der Waals surface area contributed by atoms with Crippen LogP contribution in [0.15, 0.2) is 12.1 Å². The molecule has 0 bridgehead atoms. The average Bonchev–Trinajstić information content (AvgIpc) is 2.95. The van der Waals surface area contributed by atoms with Gasteiger partial charge in [-0.3, -0.25) is 9.48 Å². The molecule has 1 N–H and O–H groups in total. The highest BCUT2D eigenvalue weighted by atomic mass is 32.1. The van der Waals surface area contributed by atoms with Gasteiger partial charge in [0.2, 0.25) is 0 Å². The summed E-state index contributed by atoms with van der Waals surface area (Å²) in [6.07, 6.45) is 0. The predicted octanol–water partition coefficient (Wildman–Crippen LogP) is 2.77. The Morgan fingerprint density at radius 1 is 1.40 bits per heavy atom. The van der Waals surface area contributed by atoms with Crippen LogP contribution in [0.5, 0.6) is 0 Å². The lowest BCUT2D eigenvalue weighted by molar-refractivity contribution is 0.103. The molecule has 0 aliphatic carbocycles. The summed E-state index contributed by atoms with van der Waals surface area (Å²) < 4.78 is 6.91. The molecule has 108 valence electrons. The minimum Gasteiger partial charge on any atom is -0.383 e. The first-order chi connectivity index (χ1) is 9.52. The summed E-state index contributed by atoms with van der Waals surface area (Å²) in [5.74, 6) is -0.0828. The van der Waals surface area contributed by atoms with Crippen LogP contribution in [0.4, 0.5) is 5.69 Å². The van der Waals surface area contributed by atoms with E-state index in [-0.39, 0.29) is 5.91 Å². The lowest BCUT2D eigenvalue weighted by atomic mass is 10.3. The Morgan fingerprint density at radius 3 is 2.75 bits per heavy atom. The number of methoxy groups -OCH3 is 1. The number of carbonyl (C=O) groups excluding carboxylic acids is 1. The molecule has 2 aromatic heterocycles. The van der Waals surface area contributed by atoms with Crippen molar-refractivity contribution in [3.05, 3.63) is 33.3 Å². The Balaban J connectivity index is 2.17. The van der Waals surface area contributed by atoms with Gasteiger partial charge in [-0.15, -0.1) is 11.3 Å². The van der Waals surface area contributed by atoms with E-state index in [4.69, 9.17) is 4.74 Å². The van der Waals surface area contributed by atoms with Crippen molar-refractivity contribution in [3.8, 4) is 0 Å². The fourth-order valence-electron chi connectivity index (χ4n) is 2.00. The Bertz CT molecular complexity index is 616. The molecule has 2 rings (SSSR count). The first-order valence-corrected chi connectivity index (χ1v) is 7.25. The zero-order chi connectivity index (χ0) is 14.7. The molecule has 0 unspecified atom stereocenters. The number of rotatable bonds is 5. The molecule has 0 saturated carbocycles. The van der Waals surface area contributed by atoms with Gasteiger partial charge in [0.05, 0.1) is 35.1 Å². The van der Waals surface area contributed by atoms with Crippen LogP contribution in [0.2, 0.25) is 0 Å². The quantitative estimate of drug-likeness (QED) is 0.922. The summed E-state index contributed by atoms with van der Waals surface area (Å²) in [6.45, 7) is 7.11. The number of thiophene rings is 1. The van der Waals surface area contributed by atoms with E-state index in [1.807, 2.05) is 37.6 Å². The van der Waals surface area contributed by atoms with Crippen molar-refractivity contribution in [3.63, 3.8) is 0 Å². The summed E-state index contributed by atoms with van der Waals surface area (Å²) in [4.78, 5) is 14.0. The second-order valence-electron chi connectivity index (χ2n) is 4.63. The second-order valence-corrected chi connectivity index (χ2v) is 5.91. The number of ether oxygens (including phenoxy) is 1. The van der Waals surface area contributed by atoms with E-state index in [1.165, 1.54) is 11.3 Å². The molecule has 0 aromatic carbocycles. The number of nitrogens with zero attached hydrogens (tertiary/aromatic N) is 2. The number of aryl methyl sites for hydroxylation is 2. The molecule has 2 heterocycles. The Hall–Kier alpha value is -1.66. The third-order valence-corrected chi connectivity index (χ3v) is 4.09. The Kier molecular flexibility index (Phi) is 4.57. The molecule has 0 aliphatic rings. The van der Waals surface area contributed by atoms with Gasteiger partial charge in [-0.25, -0.2) is 0 Å². The van der Waals surface area contributed by atoms with Crippen LogP contribution in [0.1, 0.15) is 25.9 Å². The highest BCUT2D eigenvalue weighted by Gasteiger charge is 2.15. The predicted molar refractivity (Wildman–Crippen MR) is 80.6 cm³/mol. The summed E-state index contributed by atoms with van der Waals surface area (Å²) in [6, 6.07) is 3.79. The highest BCUT2D eigenvalue weighted by Crippen LogP contribution is 2.22.